The van der Waals surface area contributed by atoms with Crippen molar-refractivity contribution in [2.45, 2.75) is 0 Å². The maximum atomic E-state index is 13.1. The predicted molar refractivity (Wildman–Crippen MR) is 112 cm³/mol. The Bertz CT molecular complexity index is 1180. The Morgan fingerprint density at radius 2 is 1.68 bits per heavy atom. The van der Waals surface area contributed by atoms with Gasteiger partial charge in [0.05, 0.1) is 29.9 Å². The van der Waals surface area contributed by atoms with E-state index in [1.807, 2.05) is 72.8 Å². The lowest BCUT2D eigenvalue weighted by Gasteiger charge is -2.12. The number of hydrazone groups is 1. The molecule has 0 saturated heterocycles. The number of aromatic nitrogens is 2. The third-order valence-corrected chi connectivity index (χ3v) is 4.28. The van der Waals surface area contributed by atoms with Crippen LogP contribution in [0.1, 0.15) is 5.56 Å². The number of hydrogen-bond donors (Lipinski definition) is 1. The molecule has 138 valence electrons. The van der Waals surface area contributed by atoms with Gasteiger partial charge in [0.1, 0.15) is 5.75 Å². The molecule has 4 rings (SSSR count). The van der Waals surface area contributed by atoms with Gasteiger partial charge in [-0.2, -0.15) is 5.10 Å². The number of fused-ring (bicyclic) bond motifs is 1. The molecule has 0 amide bonds. The Balaban J connectivity index is 1.74. The number of nitrogens with one attached hydrogen (secondary N) is 1. The van der Waals surface area contributed by atoms with Crippen LogP contribution in [0.3, 0.4) is 0 Å². The van der Waals surface area contributed by atoms with E-state index in [1.54, 1.807) is 19.4 Å². The van der Waals surface area contributed by atoms with Gasteiger partial charge >= 0.3 is 0 Å². The highest BCUT2D eigenvalue weighted by Crippen LogP contribution is 2.16. The Morgan fingerprint density at radius 3 is 2.43 bits per heavy atom. The summed E-state index contributed by atoms with van der Waals surface area (Å²) in [5.74, 6) is 1.12. The topological polar surface area (TPSA) is 68.5 Å². The van der Waals surface area contributed by atoms with Crippen molar-refractivity contribution in [2.24, 2.45) is 5.10 Å². The van der Waals surface area contributed by atoms with Gasteiger partial charge < -0.3 is 4.74 Å². The van der Waals surface area contributed by atoms with Gasteiger partial charge in [0.25, 0.3) is 5.56 Å². The van der Waals surface area contributed by atoms with E-state index in [4.69, 9.17) is 4.74 Å². The second-order valence-corrected chi connectivity index (χ2v) is 6.07. The minimum absolute atomic E-state index is 0.154. The third-order valence-electron chi connectivity index (χ3n) is 4.28. The van der Waals surface area contributed by atoms with Crippen LogP contribution in [0.4, 0.5) is 5.95 Å². The normalized spacial score (nSPS) is 11.0. The fourth-order valence-corrected chi connectivity index (χ4v) is 2.88. The van der Waals surface area contributed by atoms with Crippen molar-refractivity contribution < 1.29 is 4.74 Å². The summed E-state index contributed by atoms with van der Waals surface area (Å²) in [6.07, 6.45) is 1.66. The van der Waals surface area contributed by atoms with Crippen LogP contribution in [0.2, 0.25) is 0 Å². The summed E-state index contributed by atoms with van der Waals surface area (Å²) in [6.45, 7) is 0. The Kier molecular flexibility index (Phi) is 4.84. The molecule has 0 aliphatic rings. The molecule has 0 unspecified atom stereocenters. The van der Waals surface area contributed by atoms with E-state index in [0.29, 0.717) is 22.5 Å². The number of rotatable bonds is 5. The average Bonchev–Trinajstić information content (AvgIpc) is 2.75. The first-order chi connectivity index (χ1) is 13.8. The average molecular weight is 370 g/mol. The van der Waals surface area contributed by atoms with Gasteiger partial charge in [0.2, 0.25) is 5.95 Å². The summed E-state index contributed by atoms with van der Waals surface area (Å²) in [5.41, 5.74) is 4.98. The molecule has 0 spiro atoms. The molecular formula is C22H18N4O2. The summed E-state index contributed by atoms with van der Waals surface area (Å²) in [5, 5.41) is 4.82. The first kappa shape index (κ1) is 17.5. The summed E-state index contributed by atoms with van der Waals surface area (Å²) < 4.78 is 6.68. The molecule has 0 saturated carbocycles. The number of benzene rings is 3. The number of hydrogen-bond acceptors (Lipinski definition) is 5. The zero-order valence-electron chi connectivity index (χ0n) is 15.2. The van der Waals surface area contributed by atoms with Crippen LogP contribution in [0.25, 0.3) is 16.6 Å². The lowest BCUT2D eigenvalue weighted by molar-refractivity contribution is 0.415. The maximum absolute atomic E-state index is 13.1. The lowest BCUT2D eigenvalue weighted by atomic mass is 10.2. The van der Waals surface area contributed by atoms with E-state index in [0.717, 1.165) is 11.3 Å². The molecule has 0 aliphatic heterocycles. The lowest BCUT2D eigenvalue weighted by Crippen LogP contribution is -2.22. The van der Waals surface area contributed by atoms with Gasteiger partial charge in [-0.15, -0.1) is 0 Å². The van der Waals surface area contributed by atoms with Crippen LogP contribution >= 0.6 is 0 Å². The molecule has 6 heteroatoms. The van der Waals surface area contributed by atoms with Crippen LogP contribution in [0, 0.1) is 0 Å². The van der Waals surface area contributed by atoms with Crippen LogP contribution in [-0.4, -0.2) is 22.9 Å². The number of methoxy groups -OCH3 is 1. The molecule has 1 aromatic heterocycles. The van der Waals surface area contributed by atoms with Gasteiger partial charge in [0, 0.05) is 0 Å². The van der Waals surface area contributed by atoms with Crippen molar-refractivity contribution >= 4 is 23.1 Å². The van der Waals surface area contributed by atoms with Gasteiger partial charge in [-0.1, -0.05) is 30.3 Å². The molecule has 6 nitrogen and oxygen atoms in total. The number of anilines is 1. The standard InChI is InChI=1S/C22H18N4O2/c1-28-18-13-11-16(12-14-18)15-23-25-22-24-20-10-6-5-9-19(20)21(27)26(22)17-7-3-2-4-8-17/h2-15H,1H3,(H,24,25)/b23-15-. The van der Waals surface area contributed by atoms with E-state index in [-0.39, 0.29) is 5.56 Å². The highest BCUT2D eigenvalue weighted by atomic mass is 16.5. The van der Waals surface area contributed by atoms with Crippen LogP contribution in [-0.2, 0) is 0 Å². The Morgan fingerprint density at radius 1 is 0.964 bits per heavy atom. The van der Waals surface area contributed by atoms with E-state index >= 15 is 0 Å². The van der Waals surface area contributed by atoms with Crippen LogP contribution in [0.5, 0.6) is 5.75 Å². The zero-order valence-corrected chi connectivity index (χ0v) is 15.2. The minimum atomic E-state index is -0.154. The molecule has 3 aromatic carbocycles. The summed E-state index contributed by atoms with van der Waals surface area (Å²) in [7, 11) is 1.62. The van der Waals surface area contributed by atoms with Gasteiger partial charge in [0.15, 0.2) is 0 Å². The minimum Gasteiger partial charge on any atom is -0.497 e. The second kappa shape index (κ2) is 7.75. The molecular weight excluding hydrogens is 352 g/mol. The Labute approximate surface area is 161 Å². The second-order valence-electron chi connectivity index (χ2n) is 6.07. The number of para-hydroxylation sites is 2. The van der Waals surface area contributed by atoms with E-state index < -0.39 is 0 Å². The molecule has 0 aliphatic carbocycles. The van der Waals surface area contributed by atoms with Crippen molar-refractivity contribution in [1.29, 1.82) is 0 Å². The van der Waals surface area contributed by atoms with Crippen LogP contribution < -0.4 is 15.7 Å². The van der Waals surface area contributed by atoms with E-state index in [2.05, 4.69) is 15.5 Å². The first-order valence-electron chi connectivity index (χ1n) is 8.76. The molecule has 1 heterocycles. The summed E-state index contributed by atoms with van der Waals surface area (Å²) in [4.78, 5) is 17.7. The van der Waals surface area contributed by atoms with Gasteiger partial charge in [-0.05, 0) is 54.1 Å². The van der Waals surface area contributed by atoms with E-state index in [1.165, 1.54) is 4.57 Å². The van der Waals surface area contributed by atoms with Crippen molar-refractivity contribution in [1.82, 2.24) is 9.55 Å². The predicted octanol–water partition coefficient (Wildman–Crippen LogP) is 3.84. The monoisotopic (exact) mass is 370 g/mol. The molecule has 0 bridgehead atoms. The number of nitrogens with zero attached hydrogens (tertiary/aromatic N) is 3. The van der Waals surface area contributed by atoms with Crippen LogP contribution in [0.15, 0.2) is 88.8 Å². The Hall–Kier alpha value is -3.93. The van der Waals surface area contributed by atoms with E-state index in [9.17, 15) is 4.79 Å². The summed E-state index contributed by atoms with van der Waals surface area (Å²) in [6, 6.07) is 24.1. The van der Waals surface area contributed by atoms with Crippen molar-refractivity contribution in [3.63, 3.8) is 0 Å². The van der Waals surface area contributed by atoms with Crippen molar-refractivity contribution in [2.75, 3.05) is 12.5 Å². The molecule has 1 N–H and O–H groups in total. The summed E-state index contributed by atoms with van der Waals surface area (Å²) >= 11 is 0. The molecule has 0 radical (unpaired) electrons. The zero-order chi connectivity index (χ0) is 19.3. The molecule has 4 aromatic rings. The van der Waals surface area contributed by atoms with Crippen molar-refractivity contribution in [3.05, 3.63) is 94.8 Å². The smallest absolute Gasteiger partial charge is 0.267 e. The third kappa shape index (κ3) is 3.48. The van der Waals surface area contributed by atoms with Gasteiger partial charge in [-0.3, -0.25) is 4.79 Å². The quantitative estimate of drug-likeness (QED) is 0.428. The van der Waals surface area contributed by atoms with Crippen molar-refractivity contribution in [3.8, 4) is 11.4 Å². The number of ether oxygens (including phenoxy) is 1. The SMILES string of the molecule is COc1ccc(/C=N\Nc2nc3ccccc3c(=O)n2-c2ccccc2)cc1. The fraction of sp³-hybridized carbons (Fsp3) is 0.0455. The maximum Gasteiger partial charge on any atom is 0.267 e. The fourth-order valence-electron chi connectivity index (χ4n) is 2.88. The molecule has 0 fully saturated rings. The highest BCUT2D eigenvalue weighted by molar-refractivity contribution is 5.81. The largest absolute Gasteiger partial charge is 0.497 e. The first-order valence-corrected chi connectivity index (χ1v) is 8.76. The van der Waals surface area contributed by atoms with Gasteiger partial charge in [-0.25, -0.2) is 15.0 Å². The molecule has 0 atom stereocenters. The highest BCUT2D eigenvalue weighted by Gasteiger charge is 2.11. The molecule has 28 heavy (non-hydrogen) atoms.